The Hall–Kier alpha value is -1.66. The maximum atomic E-state index is 13.8. The fourth-order valence-corrected chi connectivity index (χ4v) is 2.44. The van der Waals surface area contributed by atoms with E-state index < -0.39 is 17.8 Å². The number of likely N-dealkylation sites (N-methyl/N-ethyl adjacent to an activating group) is 1. The number of halogens is 1. The molecule has 5 nitrogen and oxygen atoms in total. The van der Waals surface area contributed by atoms with E-state index in [1.165, 1.54) is 19.2 Å². The molecule has 0 aliphatic carbocycles. The Balaban J connectivity index is 2.24. The highest BCUT2D eigenvalue weighted by atomic mass is 19.1. The van der Waals surface area contributed by atoms with Gasteiger partial charge in [0.25, 0.3) is 0 Å². The zero-order chi connectivity index (χ0) is 14.7. The van der Waals surface area contributed by atoms with Gasteiger partial charge in [0, 0.05) is 26.2 Å². The Morgan fingerprint density at radius 3 is 2.50 bits per heavy atom. The first kappa shape index (κ1) is 14.7. The summed E-state index contributed by atoms with van der Waals surface area (Å²) in [5, 5.41) is 9.45. The van der Waals surface area contributed by atoms with Crippen LogP contribution in [0, 0.1) is 5.82 Å². The molecule has 0 radical (unpaired) electrons. The number of carboxylic acids is 1. The van der Waals surface area contributed by atoms with Gasteiger partial charge in [0.15, 0.2) is 11.6 Å². The van der Waals surface area contributed by atoms with Gasteiger partial charge in [-0.3, -0.25) is 9.69 Å². The van der Waals surface area contributed by atoms with Crippen LogP contribution in [-0.2, 0) is 4.79 Å². The standard InChI is InChI=1S/C14H19FN2O3/c1-16-5-7-17(8-6-16)13(14(18)19)10-3-4-12(20-2)11(15)9-10/h3-4,9,13H,5-8H2,1-2H3,(H,18,19). The highest BCUT2D eigenvalue weighted by Crippen LogP contribution is 2.26. The molecule has 1 unspecified atom stereocenters. The average Bonchev–Trinajstić information content (AvgIpc) is 2.41. The first-order chi connectivity index (χ1) is 9.52. The molecule has 1 aliphatic rings. The van der Waals surface area contributed by atoms with Crippen molar-refractivity contribution in [2.75, 3.05) is 40.3 Å². The van der Waals surface area contributed by atoms with Crippen molar-refractivity contribution in [2.24, 2.45) is 0 Å². The third-order valence-electron chi connectivity index (χ3n) is 3.63. The maximum Gasteiger partial charge on any atom is 0.325 e. The van der Waals surface area contributed by atoms with Gasteiger partial charge in [-0.15, -0.1) is 0 Å². The minimum Gasteiger partial charge on any atom is -0.494 e. The van der Waals surface area contributed by atoms with Gasteiger partial charge < -0.3 is 14.7 Å². The van der Waals surface area contributed by atoms with Gasteiger partial charge in [-0.25, -0.2) is 4.39 Å². The lowest BCUT2D eigenvalue weighted by Gasteiger charge is -2.36. The van der Waals surface area contributed by atoms with Crippen molar-refractivity contribution < 1.29 is 19.0 Å². The molecule has 0 amide bonds. The van der Waals surface area contributed by atoms with E-state index in [0.29, 0.717) is 18.7 Å². The third-order valence-corrected chi connectivity index (χ3v) is 3.63. The lowest BCUT2D eigenvalue weighted by atomic mass is 10.0. The van der Waals surface area contributed by atoms with Crippen LogP contribution < -0.4 is 4.74 Å². The van der Waals surface area contributed by atoms with Crippen molar-refractivity contribution in [3.63, 3.8) is 0 Å². The third kappa shape index (κ3) is 3.08. The summed E-state index contributed by atoms with van der Waals surface area (Å²) >= 11 is 0. The molecule has 110 valence electrons. The van der Waals surface area contributed by atoms with Crippen molar-refractivity contribution in [3.05, 3.63) is 29.6 Å². The Bertz CT molecular complexity index is 487. The molecule has 0 bridgehead atoms. The van der Waals surface area contributed by atoms with Crippen LogP contribution in [0.3, 0.4) is 0 Å². The monoisotopic (exact) mass is 282 g/mol. The fourth-order valence-electron chi connectivity index (χ4n) is 2.44. The molecule has 1 fully saturated rings. The Morgan fingerprint density at radius 1 is 1.35 bits per heavy atom. The highest BCUT2D eigenvalue weighted by Gasteiger charge is 2.30. The zero-order valence-corrected chi connectivity index (χ0v) is 11.7. The minimum absolute atomic E-state index is 0.122. The van der Waals surface area contributed by atoms with Crippen LogP contribution in [0.5, 0.6) is 5.75 Å². The summed E-state index contributed by atoms with van der Waals surface area (Å²) in [4.78, 5) is 15.5. The van der Waals surface area contributed by atoms with E-state index >= 15 is 0 Å². The molecule has 2 rings (SSSR count). The second-order valence-corrected chi connectivity index (χ2v) is 4.97. The number of aliphatic carboxylic acids is 1. The summed E-state index contributed by atoms with van der Waals surface area (Å²) in [5.41, 5.74) is 0.445. The van der Waals surface area contributed by atoms with Gasteiger partial charge in [0.1, 0.15) is 6.04 Å². The van der Waals surface area contributed by atoms with Gasteiger partial charge >= 0.3 is 5.97 Å². The van der Waals surface area contributed by atoms with Crippen molar-refractivity contribution in [1.29, 1.82) is 0 Å². The number of piperazine rings is 1. The zero-order valence-electron chi connectivity index (χ0n) is 11.7. The summed E-state index contributed by atoms with van der Waals surface area (Å²) in [6, 6.07) is 3.51. The van der Waals surface area contributed by atoms with Crippen LogP contribution >= 0.6 is 0 Å². The molecule has 1 aromatic carbocycles. The average molecular weight is 282 g/mol. The molecule has 1 atom stereocenters. The number of carbonyl (C=O) groups is 1. The molecule has 20 heavy (non-hydrogen) atoms. The maximum absolute atomic E-state index is 13.8. The van der Waals surface area contributed by atoms with Gasteiger partial charge in [-0.1, -0.05) is 6.07 Å². The van der Waals surface area contributed by atoms with E-state index in [9.17, 15) is 14.3 Å². The van der Waals surface area contributed by atoms with Gasteiger partial charge in [-0.05, 0) is 24.7 Å². The number of hydrogen-bond acceptors (Lipinski definition) is 4. The van der Waals surface area contributed by atoms with Crippen molar-refractivity contribution in [2.45, 2.75) is 6.04 Å². The molecule has 6 heteroatoms. The molecular weight excluding hydrogens is 263 g/mol. The summed E-state index contributed by atoms with van der Waals surface area (Å²) in [7, 11) is 3.38. The molecule has 0 aromatic heterocycles. The normalized spacial score (nSPS) is 18.8. The van der Waals surface area contributed by atoms with Gasteiger partial charge in [-0.2, -0.15) is 0 Å². The topological polar surface area (TPSA) is 53.0 Å². The molecule has 0 spiro atoms. The number of benzene rings is 1. The molecule has 1 aromatic rings. The summed E-state index contributed by atoms with van der Waals surface area (Å²) in [6.45, 7) is 2.92. The number of ether oxygens (including phenoxy) is 1. The summed E-state index contributed by atoms with van der Waals surface area (Å²) in [6.07, 6.45) is 0. The first-order valence-corrected chi connectivity index (χ1v) is 6.51. The van der Waals surface area contributed by atoms with Crippen molar-refractivity contribution >= 4 is 5.97 Å². The van der Waals surface area contributed by atoms with E-state index in [1.54, 1.807) is 6.07 Å². The minimum atomic E-state index is -0.959. The molecule has 1 aliphatic heterocycles. The quantitative estimate of drug-likeness (QED) is 0.899. The fraction of sp³-hybridized carbons (Fsp3) is 0.500. The molecule has 1 N–H and O–H groups in total. The molecule has 1 heterocycles. The lowest BCUT2D eigenvalue weighted by Crippen LogP contribution is -2.47. The predicted octanol–water partition coefficient (Wildman–Crippen LogP) is 1.21. The van der Waals surface area contributed by atoms with Crippen molar-refractivity contribution in [1.82, 2.24) is 9.80 Å². The van der Waals surface area contributed by atoms with Crippen molar-refractivity contribution in [3.8, 4) is 5.75 Å². The molecular formula is C14H19FN2O3. The van der Waals surface area contributed by atoms with Crippen LogP contribution in [-0.4, -0.2) is 61.2 Å². The largest absolute Gasteiger partial charge is 0.494 e. The number of methoxy groups -OCH3 is 1. The Morgan fingerprint density at radius 2 is 2.00 bits per heavy atom. The van der Waals surface area contributed by atoms with E-state index in [1.807, 2.05) is 11.9 Å². The van der Waals surface area contributed by atoms with E-state index in [4.69, 9.17) is 4.74 Å². The smallest absolute Gasteiger partial charge is 0.325 e. The Kier molecular flexibility index (Phi) is 4.57. The molecule has 1 saturated heterocycles. The number of carboxylic acid groups (broad SMARTS) is 1. The van der Waals surface area contributed by atoms with Crippen LogP contribution in [0.1, 0.15) is 11.6 Å². The van der Waals surface area contributed by atoms with Crippen LogP contribution in [0.15, 0.2) is 18.2 Å². The number of nitrogens with zero attached hydrogens (tertiary/aromatic N) is 2. The predicted molar refractivity (Wildman–Crippen MR) is 72.4 cm³/mol. The van der Waals surface area contributed by atoms with E-state index in [-0.39, 0.29) is 5.75 Å². The SMILES string of the molecule is COc1ccc(C(C(=O)O)N2CCN(C)CC2)cc1F. The lowest BCUT2D eigenvalue weighted by molar-refractivity contribution is -0.144. The number of rotatable bonds is 4. The van der Waals surface area contributed by atoms with E-state index in [0.717, 1.165) is 13.1 Å². The molecule has 0 saturated carbocycles. The van der Waals surface area contributed by atoms with Crippen LogP contribution in [0.4, 0.5) is 4.39 Å². The van der Waals surface area contributed by atoms with Crippen LogP contribution in [0.2, 0.25) is 0 Å². The highest BCUT2D eigenvalue weighted by molar-refractivity contribution is 5.75. The number of hydrogen-bond donors (Lipinski definition) is 1. The second kappa shape index (κ2) is 6.19. The Labute approximate surface area is 117 Å². The summed E-state index contributed by atoms with van der Waals surface area (Å²) in [5.74, 6) is -1.37. The summed E-state index contributed by atoms with van der Waals surface area (Å²) < 4.78 is 18.6. The van der Waals surface area contributed by atoms with Gasteiger partial charge in [0.05, 0.1) is 7.11 Å². The van der Waals surface area contributed by atoms with Gasteiger partial charge in [0.2, 0.25) is 0 Å². The van der Waals surface area contributed by atoms with E-state index in [2.05, 4.69) is 4.90 Å². The van der Waals surface area contributed by atoms with Crippen LogP contribution in [0.25, 0.3) is 0 Å². The second-order valence-electron chi connectivity index (χ2n) is 4.97. The first-order valence-electron chi connectivity index (χ1n) is 6.51.